The lowest BCUT2D eigenvalue weighted by Gasteiger charge is -2.05. The summed E-state index contributed by atoms with van der Waals surface area (Å²) in [6.07, 6.45) is 0. The number of primary sulfonamides is 1. The molecule has 0 amide bonds. The lowest BCUT2D eigenvalue weighted by atomic mass is 10.1. The first-order valence-electron chi connectivity index (χ1n) is 4.24. The highest BCUT2D eigenvalue weighted by molar-refractivity contribution is 7.88. The minimum atomic E-state index is -3.67. The van der Waals surface area contributed by atoms with E-state index < -0.39 is 21.7 Å². The number of carbonyl (C=O) groups excluding carboxylic acids is 1. The fourth-order valence-electron chi connectivity index (χ4n) is 1.18. The second kappa shape index (κ2) is 4.50. The van der Waals surface area contributed by atoms with Gasteiger partial charge in [-0.15, -0.1) is 0 Å². The third-order valence-corrected chi connectivity index (χ3v) is 2.57. The van der Waals surface area contributed by atoms with Crippen molar-refractivity contribution in [3.05, 3.63) is 29.3 Å². The van der Waals surface area contributed by atoms with Gasteiger partial charge in [0.25, 0.3) is 0 Å². The highest BCUT2D eigenvalue weighted by atomic mass is 32.2. The van der Waals surface area contributed by atoms with E-state index in [1.807, 2.05) is 0 Å². The Labute approximate surface area is 92.7 Å². The molecule has 88 valence electrons. The second-order valence-corrected chi connectivity index (χ2v) is 4.76. The first kappa shape index (κ1) is 12.5. The van der Waals surface area contributed by atoms with E-state index >= 15 is 0 Å². The van der Waals surface area contributed by atoms with Crippen molar-refractivity contribution in [2.75, 3.05) is 7.11 Å². The summed E-state index contributed by atoms with van der Waals surface area (Å²) in [5.41, 5.74) is 0.212. The van der Waals surface area contributed by atoms with E-state index in [2.05, 4.69) is 4.74 Å². The Balaban J connectivity index is 3.12. The van der Waals surface area contributed by atoms with Crippen LogP contribution >= 0.6 is 0 Å². The van der Waals surface area contributed by atoms with Crippen LogP contribution in [-0.2, 0) is 20.5 Å². The van der Waals surface area contributed by atoms with Gasteiger partial charge in [-0.25, -0.2) is 18.4 Å². The normalized spacial score (nSPS) is 11.1. The summed E-state index contributed by atoms with van der Waals surface area (Å²) in [6, 6.07) is 3.81. The fraction of sp³-hybridized carbons (Fsp3) is 0.222. The van der Waals surface area contributed by atoms with Gasteiger partial charge in [0.2, 0.25) is 10.0 Å². The van der Waals surface area contributed by atoms with E-state index in [0.29, 0.717) is 5.56 Å². The van der Waals surface area contributed by atoms with Crippen LogP contribution in [0.25, 0.3) is 0 Å². The number of esters is 1. The quantitative estimate of drug-likeness (QED) is 0.727. The molecule has 0 saturated heterocycles. The van der Waals surface area contributed by atoms with Crippen molar-refractivity contribution in [3.63, 3.8) is 0 Å². The summed E-state index contributed by atoms with van der Waals surface area (Å²) >= 11 is 0. The van der Waals surface area contributed by atoms with Gasteiger partial charge in [0, 0.05) is 0 Å². The summed E-state index contributed by atoms with van der Waals surface area (Å²) in [7, 11) is -2.51. The Hall–Kier alpha value is -1.60. The monoisotopic (exact) mass is 245 g/mol. The Kier molecular flexibility index (Phi) is 3.51. The predicted molar refractivity (Wildman–Crippen MR) is 56.3 cm³/mol. The molecule has 0 aliphatic heterocycles. The zero-order valence-electron chi connectivity index (χ0n) is 8.50. The van der Waals surface area contributed by atoms with E-state index in [-0.39, 0.29) is 11.3 Å². The number of nitrogens with two attached hydrogens (primary N) is 1. The van der Waals surface area contributed by atoms with Gasteiger partial charge in [-0.2, -0.15) is 0 Å². The average molecular weight is 245 g/mol. The molecule has 1 aromatic rings. The van der Waals surface area contributed by atoms with Crippen molar-refractivity contribution in [3.8, 4) is 5.75 Å². The van der Waals surface area contributed by atoms with Gasteiger partial charge < -0.3 is 9.84 Å². The maximum Gasteiger partial charge on any atom is 0.341 e. The Morgan fingerprint density at radius 3 is 2.62 bits per heavy atom. The molecule has 1 rings (SSSR count). The standard InChI is InChI=1S/C9H11NO5S/c1-15-9(12)7-4-6(2-3-8(7)11)5-16(10,13)14/h2-4,11H,5H2,1H3,(H2,10,13,14). The summed E-state index contributed by atoms with van der Waals surface area (Å²) in [5, 5.41) is 14.2. The number of methoxy groups -OCH3 is 1. The Morgan fingerprint density at radius 2 is 2.12 bits per heavy atom. The number of phenolic OH excluding ortho intramolecular Hbond substituents is 1. The van der Waals surface area contributed by atoms with Gasteiger partial charge in [0.15, 0.2) is 0 Å². The van der Waals surface area contributed by atoms with Crippen molar-refractivity contribution in [2.45, 2.75) is 5.75 Å². The van der Waals surface area contributed by atoms with Gasteiger partial charge in [0.1, 0.15) is 11.3 Å². The molecule has 0 bridgehead atoms. The maximum absolute atomic E-state index is 11.2. The number of sulfonamides is 1. The lowest BCUT2D eigenvalue weighted by Crippen LogP contribution is -2.15. The number of hydrogen-bond acceptors (Lipinski definition) is 5. The third-order valence-electron chi connectivity index (χ3n) is 1.83. The van der Waals surface area contributed by atoms with E-state index in [9.17, 15) is 18.3 Å². The molecule has 0 aliphatic carbocycles. The molecule has 0 unspecified atom stereocenters. The third kappa shape index (κ3) is 3.21. The highest BCUT2D eigenvalue weighted by Gasteiger charge is 2.14. The molecule has 0 saturated carbocycles. The molecular formula is C9H11NO5S. The van der Waals surface area contributed by atoms with E-state index in [1.54, 1.807) is 0 Å². The summed E-state index contributed by atoms with van der Waals surface area (Å²) in [4.78, 5) is 11.2. The van der Waals surface area contributed by atoms with Gasteiger partial charge >= 0.3 is 5.97 Å². The van der Waals surface area contributed by atoms with Crippen molar-refractivity contribution >= 4 is 16.0 Å². The number of carbonyl (C=O) groups is 1. The van der Waals surface area contributed by atoms with Crippen molar-refractivity contribution in [2.24, 2.45) is 5.14 Å². The minimum Gasteiger partial charge on any atom is -0.507 e. The smallest absolute Gasteiger partial charge is 0.341 e. The zero-order valence-corrected chi connectivity index (χ0v) is 9.32. The summed E-state index contributed by atoms with van der Waals surface area (Å²) in [6.45, 7) is 0. The van der Waals surface area contributed by atoms with Crippen LogP contribution < -0.4 is 5.14 Å². The van der Waals surface area contributed by atoms with Crippen LogP contribution in [0, 0.1) is 0 Å². The molecule has 7 heteroatoms. The molecule has 0 spiro atoms. The molecule has 0 atom stereocenters. The van der Waals surface area contributed by atoms with E-state index in [0.717, 1.165) is 7.11 Å². The first-order valence-corrected chi connectivity index (χ1v) is 5.95. The highest BCUT2D eigenvalue weighted by Crippen LogP contribution is 2.20. The molecule has 0 heterocycles. The largest absolute Gasteiger partial charge is 0.507 e. The van der Waals surface area contributed by atoms with Gasteiger partial charge in [0.05, 0.1) is 12.9 Å². The lowest BCUT2D eigenvalue weighted by molar-refractivity contribution is 0.0597. The van der Waals surface area contributed by atoms with Crippen molar-refractivity contribution < 1.29 is 23.1 Å². The molecule has 1 aromatic carbocycles. The second-order valence-electron chi connectivity index (χ2n) is 3.15. The van der Waals surface area contributed by atoms with Gasteiger partial charge in [-0.05, 0) is 17.7 Å². The van der Waals surface area contributed by atoms with Crippen LogP contribution in [0.3, 0.4) is 0 Å². The van der Waals surface area contributed by atoms with Crippen molar-refractivity contribution in [1.29, 1.82) is 0 Å². The molecular weight excluding hydrogens is 234 g/mol. The Morgan fingerprint density at radius 1 is 1.50 bits per heavy atom. The molecule has 6 nitrogen and oxygen atoms in total. The molecule has 0 radical (unpaired) electrons. The molecule has 3 N–H and O–H groups in total. The van der Waals surface area contributed by atoms with Crippen LogP contribution in [0.1, 0.15) is 15.9 Å². The topological polar surface area (TPSA) is 107 Å². The predicted octanol–water partition coefficient (Wildman–Crippen LogP) is -0.0327. The molecule has 0 fully saturated rings. The number of rotatable bonds is 3. The number of ether oxygens (including phenoxy) is 1. The Bertz CT molecular complexity index is 509. The summed E-state index contributed by atoms with van der Waals surface area (Å²) < 4.78 is 26.1. The van der Waals surface area contributed by atoms with Crippen LogP contribution in [0.5, 0.6) is 5.75 Å². The van der Waals surface area contributed by atoms with E-state index in [4.69, 9.17) is 5.14 Å². The number of benzene rings is 1. The van der Waals surface area contributed by atoms with Crippen LogP contribution in [0.15, 0.2) is 18.2 Å². The van der Waals surface area contributed by atoms with Crippen LogP contribution in [0.4, 0.5) is 0 Å². The van der Waals surface area contributed by atoms with E-state index in [1.165, 1.54) is 18.2 Å². The molecule has 0 aromatic heterocycles. The zero-order chi connectivity index (χ0) is 12.3. The minimum absolute atomic E-state index is 0.0938. The SMILES string of the molecule is COC(=O)c1cc(CS(N)(=O)=O)ccc1O. The van der Waals surface area contributed by atoms with Gasteiger partial charge in [-0.1, -0.05) is 6.07 Å². The first-order chi connectivity index (χ1) is 7.33. The number of aromatic hydroxyl groups is 1. The number of hydrogen-bond donors (Lipinski definition) is 2. The number of phenols is 1. The maximum atomic E-state index is 11.2. The van der Waals surface area contributed by atoms with Crippen LogP contribution in [0.2, 0.25) is 0 Å². The van der Waals surface area contributed by atoms with Crippen molar-refractivity contribution in [1.82, 2.24) is 0 Å². The molecule has 0 aliphatic rings. The molecule has 16 heavy (non-hydrogen) atoms. The fourth-order valence-corrected chi connectivity index (χ4v) is 1.82. The van der Waals surface area contributed by atoms with Gasteiger partial charge in [-0.3, -0.25) is 0 Å². The van der Waals surface area contributed by atoms with Crippen LogP contribution in [-0.4, -0.2) is 26.6 Å². The average Bonchev–Trinajstić information content (AvgIpc) is 2.18. The summed E-state index contributed by atoms with van der Waals surface area (Å²) in [5.74, 6) is -1.42.